The number of nitrogens with zero attached hydrogens (tertiary/aromatic N) is 1. The molecule has 0 saturated heterocycles. The molecule has 4 rings (SSSR count). The van der Waals surface area contributed by atoms with Gasteiger partial charge in [0, 0.05) is 17.1 Å². The Kier molecular flexibility index (Phi) is 7.13. The van der Waals surface area contributed by atoms with E-state index < -0.39 is 0 Å². The van der Waals surface area contributed by atoms with Crippen LogP contribution in [0, 0.1) is 6.92 Å². The first-order valence-corrected chi connectivity index (χ1v) is 11.2. The molecule has 2 N–H and O–H groups in total. The Morgan fingerprint density at radius 1 is 1.09 bits per heavy atom. The Bertz CT molecular complexity index is 1310. The average Bonchev–Trinajstić information content (AvgIpc) is 3.17. The molecular formula is C24H19Cl2N3O3S. The molecular weight excluding hydrogens is 481 g/mol. The topological polar surface area (TPSA) is 76.4 Å². The number of rotatable bonds is 6. The van der Waals surface area contributed by atoms with E-state index in [9.17, 15) is 4.79 Å². The van der Waals surface area contributed by atoms with Gasteiger partial charge in [-0.05, 0) is 61.1 Å². The highest BCUT2D eigenvalue weighted by Gasteiger charge is 2.11. The first-order valence-electron chi connectivity index (χ1n) is 9.99. The first kappa shape index (κ1) is 23.0. The van der Waals surface area contributed by atoms with E-state index >= 15 is 0 Å². The van der Waals surface area contributed by atoms with Crippen LogP contribution in [0.1, 0.15) is 17.0 Å². The maximum absolute atomic E-state index is 12.1. The summed E-state index contributed by atoms with van der Waals surface area (Å²) in [4.78, 5) is 16.5. The Hall–Kier alpha value is -3.13. The van der Waals surface area contributed by atoms with Gasteiger partial charge in [0.1, 0.15) is 11.3 Å². The number of ether oxygens (including phenoxy) is 1. The van der Waals surface area contributed by atoms with Gasteiger partial charge in [-0.2, -0.15) is 0 Å². The Balaban J connectivity index is 1.29. The number of aryl methyl sites for hydroxylation is 1. The number of nitrogens with one attached hydrogen (secondary N) is 2. The number of benzene rings is 3. The number of carbonyl (C=O) groups is 1. The highest BCUT2D eigenvalue weighted by molar-refractivity contribution is 7.80. The molecule has 1 amide bonds. The molecule has 1 heterocycles. The molecule has 0 saturated carbocycles. The molecule has 0 spiro atoms. The molecule has 0 radical (unpaired) electrons. The van der Waals surface area contributed by atoms with Gasteiger partial charge in [-0.1, -0.05) is 53.0 Å². The highest BCUT2D eigenvalue weighted by atomic mass is 35.5. The molecule has 1 aromatic heterocycles. The smallest absolute Gasteiger partial charge is 0.264 e. The van der Waals surface area contributed by atoms with Crippen LogP contribution in [0.3, 0.4) is 0 Å². The number of amides is 1. The van der Waals surface area contributed by atoms with Crippen LogP contribution in [0.15, 0.2) is 65.1 Å². The van der Waals surface area contributed by atoms with Crippen molar-refractivity contribution in [2.45, 2.75) is 13.3 Å². The van der Waals surface area contributed by atoms with Crippen LogP contribution < -0.4 is 15.4 Å². The van der Waals surface area contributed by atoms with Crippen molar-refractivity contribution in [2.75, 3.05) is 11.9 Å². The molecule has 0 aliphatic heterocycles. The molecule has 9 heteroatoms. The van der Waals surface area contributed by atoms with Crippen LogP contribution in [-0.4, -0.2) is 22.6 Å². The highest BCUT2D eigenvalue weighted by Crippen LogP contribution is 2.29. The van der Waals surface area contributed by atoms with Gasteiger partial charge in [-0.15, -0.1) is 0 Å². The molecule has 6 nitrogen and oxygen atoms in total. The van der Waals surface area contributed by atoms with Crippen molar-refractivity contribution in [1.29, 1.82) is 0 Å². The van der Waals surface area contributed by atoms with Gasteiger partial charge in [0.15, 0.2) is 23.2 Å². The fraction of sp³-hybridized carbons (Fsp3) is 0.125. The summed E-state index contributed by atoms with van der Waals surface area (Å²) in [6.45, 7) is 1.85. The maximum Gasteiger partial charge on any atom is 0.264 e. The summed E-state index contributed by atoms with van der Waals surface area (Å²) in [6.07, 6.45) is 0.487. The third-order valence-electron chi connectivity index (χ3n) is 4.66. The summed E-state index contributed by atoms with van der Waals surface area (Å²) in [6, 6.07) is 18.3. The number of hydrogen-bond donors (Lipinski definition) is 2. The lowest BCUT2D eigenvalue weighted by molar-refractivity contribution is -0.121. The van der Waals surface area contributed by atoms with Crippen molar-refractivity contribution in [3.8, 4) is 5.75 Å². The predicted octanol–water partition coefficient (Wildman–Crippen LogP) is 5.93. The lowest BCUT2D eigenvalue weighted by Crippen LogP contribution is -2.37. The van der Waals surface area contributed by atoms with E-state index in [-0.39, 0.29) is 17.6 Å². The molecule has 0 atom stereocenters. The Morgan fingerprint density at radius 3 is 2.55 bits per heavy atom. The zero-order valence-electron chi connectivity index (χ0n) is 17.5. The summed E-state index contributed by atoms with van der Waals surface area (Å²) in [5.41, 5.74) is 3.97. The van der Waals surface area contributed by atoms with Crippen molar-refractivity contribution < 1.29 is 13.9 Å². The van der Waals surface area contributed by atoms with E-state index in [1.807, 2.05) is 55.5 Å². The number of fused-ring (bicyclic) bond motifs is 1. The molecule has 0 fully saturated rings. The average molecular weight is 500 g/mol. The quantitative estimate of drug-likeness (QED) is 0.320. The molecule has 4 aromatic rings. The number of anilines is 1. The third-order valence-corrected chi connectivity index (χ3v) is 5.37. The van der Waals surface area contributed by atoms with Crippen molar-refractivity contribution in [1.82, 2.24) is 10.3 Å². The monoisotopic (exact) mass is 499 g/mol. The van der Waals surface area contributed by atoms with Crippen LogP contribution in [0.2, 0.25) is 10.0 Å². The van der Waals surface area contributed by atoms with Crippen LogP contribution in [-0.2, 0) is 11.2 Å². The lowest BCUT2D eigenvalue weighted by atomic mass is 10.1. The van der Waals surface area contributed by atoms with E-state index in [0.717, 1.165) is 16.8 Å². The van der Waals surface area contributed by atoms with E-state index in [0.29, 0.717) is 39.2 Å². The number of hydrogen-bond acceptors (Lipinski definition) is 5. The summed E-state index contributed by atoms with van der Waals surface area (Å²) in [7, 11) is 0. The summed E-state index contributed by atoms with van der Waals surface area (Å²) in [5, 5.41) is 6.69. The minimum absolute atomic E-state index is 0.135. The lowest BCUT2D eigenvalue weighted by Gasteiger charge is -2.11. The Labute approximate surface area is 205 Å². The second-order valence-corrected chi connectivity index (χ2v) is 8.57. The number of oxazole rings is 1. The van der Waals surface area contributed by atoms with Crippen LogP contribution in [0.4, 0.5) is 5.69 Å². The van der Waals surface area contributed by atoms with E-state index in [1.54, 1.807) is 12.1 Å². The van der Waals surface area contributed by atoms with Crippen molar-refractivity contribution in [3.63, 3.8) is 0 Å². The van der Waals surface area contributed by atoms with Gasteiger partial charge in [-0.25, -0.2) is 4.98 Å². The van der Waals surface area contributed by atoms with Crippen molar-refractivity contribution in [2.24, 2.45) is 0 Å². The summed E-state index contributed by atoms with van der Waals surface area (Å²) >= 11 is 17.4. The standard InChI is InChI=1S/C24H19Cl2N3O3S/c1-14-2-8-18(9-3-14)31-13-21(30)29-24(33)27-17-6-4-15(5-7-17)10-22-28-20-12-16(25)11-19(26)23(20)32-22/h2-9,11-12H,10,13H2,1H3,(H2,27,29,30,33). The van der Waals surface area contributed by atoms with Gasteiger partial charge >= 0.3 is 0 Å². The van der Waals surface area contributed by atoms with Gasteiger partial charge in [-0.3, -0.25) is 10.1 Å². The predicted molar refractivity (Wildman–Crippen MR) is 134 cm³/mol. The maximum atomic E-state index is 12.1. The number of halogens is 2. The van der Waals surface area contributed by atoms with Gasteiger partial charge < -0.3 is 14.5 Å². The number of thiocarbonyl (C=S) groups is 1. The molecule has 0 aliphatic carbocycles. The fourth-order valence-corrected chi connectivity index (χ4v) is 3.82. The minimum atomic E-state index is -0.348. The van der Waals surface area contributed by atoms with Gasteiger partial charge in [0.25, 0.3) is 5.91 Å². The molecule has 0 aliphatic rings. The van der Waals surface area contributed by atoms with Crippen molar-refractivity contribution in [3.05, 3.63) is 87.7 Å². The number of carbonyl (C=O) groups excluding carboxylic acids is 1. The molecule has 168 valence electrons. The fourth-order valence-electron chi connectivity index (χ4n) is 3.07. The van der Waals surface area contributed by atoms with E-state index in [1.165, 1.54) is 0 Å². The zero-order valence-corrected chi connectivity index (χ0v) is 19.9. The Morgan fingerprint density at radius 2 is 1.82 bits per heavy atom. The van der Waals surface area contributed by atoms with Gasteiger partial charge in [0.05, 0.1) is 5.02 Å². The first-order chi connectivity index (χ1) is 15.9. The van der Waals surface area contributed by atoms with Gasteiger partial charge in [0.2, 0.25) is 0 Å². The second kappa shape index (κ2) is 10.2. The van der Waals surface area contributed by atoms with Crippen LogP contribution in [0.5, 0.6) is 5.75 Å². The second-order valence-electron chi connectivity index (χ2n) is 7.32. The SMILES string of the molecule is Cc1ccc(OCC(=O)NC(=S)Nc2ccc(Cc3nc4cc(Cl)cc(Cl)c4o3)cc2)cc1. The minimum Gasteiger partial charge on any atom is -0.484 e. The summed E-state index contributed by atoms with van der Waals surface area (Å²) < 4.78 is 11.2. The number of aromatic nitrogens is 1. The molecule has 0 unspecified atom stereocenters. The normalized spacial score (nSPS) is 10.8. The summed E-state index contributed by atoms with van der Waals surface area (Å²) in [5.74, 6) is 0.806. The van der Waals surface area contributed by atoms with Crippen LogP contribution in [0.25, 0.3) is 11.1 Å². The van der Waals surface area contributed by atoms with Crippen LogP contribution >= 0.6 is 35.4 Å². The van der Waals surface area contributed by atoms with E-state index in [4.69, 9.17) is 44.6 Å². The zero-order chi connectivity index (χ0) is 23.4. The molecule has 0 bridgehead atoms. The molecule has 3 aromatic carbocycles. The third kappa shape index (κ3) is 6.22. The van der Waals surface area contributed by atoms with E-state index in [2.05, 4.69) is 15.6 Å². The largest absolute Gasteiger partial charge is 0.484 e. The molecule has 33 heavy (non-hydrogen) atoms. The van der Waals surface area contributed by atoms with Crippen molar-refractivity contribution >= 4 is 63.2 Å².